The number of hydrogen-bond acceptors (Lipinski definition) is 3. The summed E-state index contributed by atoms with van der Waals surface area (Å²) in [6.45, 7) is 2.12. The number of hydrogen-bond donors (Lipinski definition) is 0. The maximum Gasteiger partial charge on any atom is 0.416 e. The van der Waals surface area contributed by atoms with Crippen molar-refractivity contribution in [1.29, 1.82) is 0 Å². The quantitative estimate of drug-likeness (QED) is 0.449. The number of carbonyl (C=O) groups is 1. The van der Waals surface area contributed by atoms with Crippen molar-refractivity contribution < 1.29 is 35.9 Å². The number of ether oxygens (including phenoxy) is 1. The van der Waals surface area contributed by atoms with Crippen LogP contribution in [-0.2, 0) is 28.5 Å². The molecule has 2 atom stereocenters. The van der Waals surface area contributed by atoms with E-state index in [0.717, 1.165) is 31.5 Å². The van der Waals surface area contributed by atoms with Crippen LogP contribution in [0.4, 0.5) is 26.3 Å². The van der Waals surface area contributed by atoms with E-state index in [1.807, 2.05) is 42.3 Å². The van der Waals surface area contributed by atoms with Gasteiger partial charge in [0.2, 0.25) is 5.91 Å². The zero-order valence-corrected chi connectivity index (χ0v) is 20.5. The Labute approximate surface area is 212 Å². The van der Waals surface area contributed by atoms with Crippen molar-refractivity contribution in [3.8, 4) is 0 Å². The normalized spacial score (nSPS) is 22.3. The van der Waals surface area contributed by atoms with Crippen LogP contribution in [0.3, 0.4) is 0 Å². The number of halogens is 6. The van der Waals surface area contributed by atoms with Gasteiger partial charge in [-0.15, -0.1) is 0 Å². The number of piperidine rings is 2. The molecule has 0 aliphatic carbocycles. The molecular formula is C27H30F6N2O2. The lowest BCUT2D eigenvalue weighted by Crippen LogP contribution is -2.49. The highest BCUT2D eigenvalue weighted by Gasteiger charge is 2.38. The Morgan fingerprint density at radius 2 is 1.49 bits per heavy atom. The molecule has 10 heteroatoms. The van der Waals surface area contributed by atoms with E-state index in [0.29, 0.717) is 31.6 Å². The maximum atomic E-state index is 13.3. The first-order chi connectivity index (χ1) is 17.4. The summed E-state index contributed by atoms with van der Waals surface area (Å²) >= 11 is 0. The molecule has 0 saturated carbocycles. The summed E-state index contributed by atoms with van der Waals surface area (Å²) in [5, 5.41) is 0. The molecule has 202 valence electrons. The van der Waals surface area contributed by atoms with E-state index in [1.54, 1.807) is 0 Å². The zero-order chi connectivity index (χ0) is 26.8. The standard InChI is InChI=1S/C27H30F6N2O2/c1-34-10-7-20(8-11-34)25(36)35-12-9-24(23(16-35)19-5-3-2-4-6-19)37-17-18-13-21(26(28,29)30)15-22(14-18)27(31,32)33/h2-6,13-15,20,23-24H,7-12,16-17H2,1H3/t23-,24-/m0/s1. The van der Waals surface area contributed by atoms with Gasteiger partial charge in [-0.05, 0) is 68.7 Å². The van der Waals surface area contributed by atoms with Gasteiger partial charge in [-0.2, -0.15) is 26.3 Å². The second kappa shape index (κ2) is 11.0. The molecule has 37 heavy (non-hydrogen) atoms. The molecule has 1 amide bonds. The number of nitrogens with zero attached hydrogens (tertiary/aromatic N) is 2. The number of likely N-dealkylation sites (tertiary alicyclic amines) is 2. The molecule has 2 saturated heterocycles. The molecule has 4 rings (SSSR count). The van der Waals surface area contributed by atoms with E-state index >= 15 is 0 Å². The SMILES string of the molecule is CN1CCC(C(=O)N2CC[C@H](OCc3cc(C(F)(F)F)cc(C(F)(F)F)c3)[C@H](c3ccccc3)C2)CC1. The van der Waals surface area contributed by atoms with Crippen molar-refractivity contribution in [2.45, 2.75) is 50.2 Å². The molecule has 0 spiro atoms. The average molecular weight is 529 g/mol. The fourth-order valence-corrected chi connectivity index (χ4v) is 5.17. The van der Waals surface area contributed by atoms with Gasteiger partial charge in [0.05, 0.1) is 23.8 Å². The minimum absolute atomic E-state index is 0.0454. The third-order valence-electron chi connectivity index (χ3n) is 7.27. The van der Waals surface area contributed by atoms with E-state index in [-0.39, 0.29) is 29.4 Å². The van der Waals surface area contributed by atoms with Crippen molar-refractivity contribution in [1.82, 2.24) is 9.80 Å². The van der Waals surface area contributed by atoms with E-state index < -0.39 is 36.2 Å². The van der Waals surface area contributed by atoms with Crippen LogP contribution in [0.1, 0.15) is 47.4 Å². The van der Waals surface area contributed by atoms with Gasteiger partial charge in [0.25, 0.3) is 0 Å². The second-order valence-electron chi connectivity index (χ2n) is 9.93. The number of rotatable bonds is 5. The Balaban J connectivity index is 1.51. The minimum Gasteiger partial charge on any atom is -0.373 e. The van der Waals surface area contributed by atoms with Crippen molar-refractivity contribution in [3.63, 3.8) is 0 Å². The molecule has 0 bridgehead atoms. The Hall–Kier alpha value is -2.59. The van der Waals surface area contributed by atoms with Gasteiger partial charge in [0, 0.05) is 24.9 Å². The van der Waals surface area contributed by atoms with Crippen molar-refractivity contribution in [2.75, 3.05) is 33.2 Å². The van der Waals surface area contributed by atoms with Crippen LogP contribution in [0.2, 0.25) is 0 Å². The van der Waals surface area contributed by atoms with E-state index in [9.17, 15) is 31.1 Å². The highest BCUT2D eigenvalue weighted by atomic mass is 19.4. The summed E-state index contributed by atoms with van der Waals surface area (Å²) in [5.74, 6) is -0.200. The predicted octanol–water partition coefficient (Wildman–Crippen LogP) is 5.97. The number of alkyl halides is 6. The molecule has 2 heterocycles. The van der Waals surface area contributed by atoms with E-state index in [2.05, 4.69) is 4.90 Å². The number of amides is 1. The highest BCUT2D eigenvalue weighted by molar-refractivity contribution is 5.79. The van der Waals surface area contributed by atoms with Crippen LogP contribution in [0.5, 0.6) is 0 Å². The van der Waals surface area contributed by atoms with Crippen molar-refractivity contribution in [3.05, 3.63) is 70.8 Å². The van der Waals surface area contributed by atoms with Crippen LogP contribution < -0.4 is 0 Å². The Kier molecular flexibility index (Phi) is 8.18. The summed E-state index contributed by atoms with van der Waals surface area (Å²) in [7, 11) is 2.02. The summed E-state index contributed by atoms with van der Waals surface area (Å²) < 4.78 is 85.5. The van der Waals surface area contributed by atoms with Gasteiger partial charge in [0.15, 0.2) is 0 Å². The van der Waals surface area contributed by atoms with Gasteiger partial charge < -0.3 is 14.5 Å². The molecule has 0 radical (unpaired) electrons. The lowest BCUT2D eigenvalue weighted by Gasteiger charge is -2.41. The first kappa shape index (κ1) is 27.4. The van der Waals surface area contributed by atoms with Crippen LogP contribution in [-0.4, -0.2) is 55.0 Å². The minimum atomic E-state index is -4.91. The lowest BCUT2D eigenvalue weighted by molar-refractivity contribution is -0.143. The molecule has 0 N–H and O–H groups in total. The maximum absolute atomic E-state index is 13.3. The van der Waals surface area contributed by atoms with Gasteiger partial charge in [-0.3, -0.25) is 4.79 Å². The largest absolute Gasteiger partial charge is 0.416 e. The number of carbonyl (C=O) groups excluding carboxylic acids is 1. The van der Waals surface area contributed by atoms with Gasteiger partial charge in [-0.1, -0.05) is 30.3 Å². The van der Waals surface area contributed by atoms with Crippen molar-refractivity contribution in [2.24, 2.45) is 5.92 Å². The predicted molar refractivity (Wildman–Crippen MR) is 126 cm³/mol. The first-order valence-electron chi connectivity index (χ1n) is 12.3. The molecule has 2 aromatic carbocycles. The van der Waals surface area contributed by atoms with Crippen LogP contribution in [0.15, 0.2) is 48.5 Å². The van der Waals surface area contributed by atoms with Crippen LogP contribution in [0, 0.1) is 5.92 Å². The molecule has 4 nitrogen and oxygen atoms in total. The Bertz CT molecular complexity index is 1030. The zero-order valence-electron chi connectivity index (χ0n) is 20.5. The summed E-state index contributed by atoms with van der Waals surface area (Å²) in [6.07, 6.45) is -8.28. The first-order valence-corrected chi connectivity index (χ1v) is 12.3. The van der Waals surface area contributed by atoms with Crippen molar-refractivity contribution >= 4 is 5.91 Å². The molecule has 2 fully saturated rings. The molecule has 0 aromatic heterocycles. The number of benzene rings is 2. The molecule has 2 aromatic rings. The Morgan fingerprint density at radius 1 is 0.892 bits per heavy atom. The fourth-order valence-electron chi connectivity index (χ4n) is 5.17. The highest BCUT2D eigenvalue weighted by Crippen LogP contribution is 2.37. The molecular weight excluding hydrogens is 498 g/mol. The molecule has 2 aliphatic rings. The summed E-state index contributed by atoms with van der Waals surface area (Å²) in [5.41, 5.74) is -2.01. The van der Waals surface area contributed by atoms with Crippen LogP contribution in [0.25, 0.3) is 0 Å². The fraction of sp³-hybridized carbons (Fsp3) is 0.519. The van der Waals surface area contributed by atoms with E-state index in [1.165, 1.54) is 0 Å². The molecule has 0 unspecified atom stereocenters. The lowest BCUT2D eigenvalue weighted by atomic mass is 9.86. The Morgan fingerprint density at radius 3 is 2.05 bits per heavy atom. The smallest absolute Gasteiger partial charge is 0.373 e. The van der Waals surface area contributed by atoms with Gasteiger partial charge >= 0.3 is 12.4 Å². The van der Waals surface area contributed by atoms with Gasteiger partial charge in [0.1, 0.15) is 0 Å². The third-order valence-corrected chi connectivity index (χ3v) is 7.27. The van der Waals surface area contributed by atoms with E-state index in [4.69, 9.17) is 4.74 Å². The third kappa shape index (κ3) is 6.84. The summed E-state index contributed by atoms with van der Waals surface area (Å²) in [4.78, 5) is 17.3. The monoisotopic (exact) mass is 528 g/mol. The van der Waals surface area contributed by atoms with Crippen LogP contribution >= 0.6 is 0 Å². The van der Waals surface area contributed by atoms with Gasteiger partial charge in [-0.25, -0.2) is 0 Å². The molecule has 2 aliphatic heterocycles. The topological polar surface area (TPSA) is 32.8 Å². The second-order valence-corrected chi connectivity index (χ2v) is 9.93. The average Bonchev–Trinajstić information content (AvgIpc) is 2.87. The summed E-state index contributed by atoms with van der Waals surface area (Å²) in [6, 6.07) is 10.9.